The zero-order valence-electron chi connectivity index (χ0n) is 14.3. The van der Waals surface area contributed by atoms with Gasteiger partial charge in [0.2, 0.25) is 5.91 Å². The fourth-order valence-electron chi connectivity index (χ4n) is 2.40. The first-order valence-corrected chi connectivity index (χ1v) is 7.61. The summed E-state index contributed by atoms with van der Waals surface area (Å²) in [7, 11) is 1.49. The van der Waals surface area contributed by atoms with Gasteiger partial charge in [0.15, 0.2) is 0 Å². The van der Waals surface area contributed by atoms with Crippen LogP contribution in [0, 0.1) is 5.92 Å². The zero-order valence-corrected chi connectivity index (χ0v) is 15.1. The van der Waals surface area contributed by atoms with Crippen LogP contribution in [0.15, 0.2) is 42.5 Å². The lowest BCUT2D eigenvalue weighted by Crippen LogP contribution is -2.22. The number of methoxy groups -OCH3 is 1. The fourth-order valence-corrected chi connectivity index (χ4v) is 2.40. The van der Waals surface area contributed by atoms with Gasteiger partial charge < -0.3 is 15.8 Å². The van der Waals surface area contributed by atoms with Crippen molar-refractivity contribution in [1.82, 2.24) is 0 Å². The first-order valence-electron chi connectivity index (χ1n) is 7.61. The van der Waals surface area contributed by atoms with E-state index in [-0.39, 0.29) is 24.7 Å². The maximum atomic E-state index is 12.7. The summed E-state index contributed by atoms with van der Waals surface area (Å²) in [6, 6.07) is 9.82. The summed E-state index contributed by atoms with van der Waals surface area (Å²) in [5.74, 6) is -0.316. The normalized spacial score (nSPS) is 12.0. The average Bonchev–Trinajstić information content (AvgIpc) is 2.54. The Bertz CT molecular complexity index is 766. The smallest absolute Gasteiger partial charge is 0.416 e. The summed E-state index contributed by atoms with van der Waals surface area (Å²) in [6.07, 6.45) is -4.20. The van der Waals surface area contributed by atoms with Gasteiger partial charge in [0.1, 0.15) is 5.75 Å². The van der Waals surface area contributed by atoms with E-state index in [0.29, 0.717) is 22.7 Å². The van der Waals surface area contributed by atoms with Gasteiger partial charge in [-0.2, -0.15) is 13.2 Å². The number of ether oxygens (including phenoxy) is 1. The summed E-state index contributed by atoms with van der Waals surface area (Å²) in [6.45, 7) is 1.66. The molecule has 0 aromatic heterocycles. The molecule has 26 heavy (non-hydrogen) atoms. The number of halogens is 4. The molecule has 0 saturated carbocycles. The maximum absolute atomic E-state index is 12.7. The third-order valence-electron chi connectivity index (χ3n) is 3.74. The molecule has 3 N–H and O–H groups in total. The highest BCUT2D eigenvalue weighted by Gasteiger charge is 2.30. The van der Waals surface area contributed by atoms with Crippen LogP contribution in [0.1, 0.15) is 18.1 Å². The molecule has 0 saturated heterocycles. The minimum Gasteiger partial charge on any atom is -0.495 e. The molecule has 0 bridgehead atoms. The van der Waals surface area contributed by atoms with E-state index in [1.54, 1.807) is 31.2 Å². The Morgan fingerprint density at radius 1 is 1.23 bits per heavy atom. The number of carbonyl (C=O) groups is 1. The second-order valence-corrected chi connectivity index (χ2v) is 5.75. The maximum Gasteiger partial charge on any atom is 0.416 e. The van der Waals surface area contributed by atoms with Gasteiger partial charge in [-0.25, -0.2) is 0 Å². The molecule has 0 aliphatic rings. The number of rotatable bonds is 5. The van der Waals surface area contributed by atoms with Crippen molar-refractivity contribution in [3.63, 3.8) is 0 Å². The molecule has 0 radical (unpaired) electrons. The van der Waals surface area contributed by atoms with E-state index in [4.69, 9.17) is 10.5 Å². The Morgan fingerprint density at radius 3 is 2.50 bits per heavy atom. The van der Waals surface area contributed by atoms with Crippen LogP contribution in [0.5, 0.6) is 5.75 Å². The molecule has 1 atom stereocenters. The number of carbonyl (C=O) groups excluding carboxylic acids is 1. The Morgan fingerprint density at radius 2 is 1.92 bits per heavy atom. The van der Waals surface area contributed by atoms with Crippen molar-refractivity contribution in [3.8, 4) is 5.75 Å². The minimum atomic E-state index is -4.40. The number of alkyl halides is 3. The quantitative estimate of drug-likeness (QED) is 0.739. The van der Waals surface area contributed by atoms with Gasteiger partial charge in [-0.15, -0.1) is 12.4 Å². The molecule has 0 spiro atoms. The molecular weight excluding hydrogens is 369 g/mol. The minimum absolute atomic E-state index is 0. The lowest BCUT2D eigenvalue weighted by atomic mass is 9.98. The van der Waals surface area contributed by atoms with Crippen LogP contribution in [-0.4, -0.2) is 13.0 Å². The van der Waals surface area contributed by atoms with Crippen LogP contribution in [0.3, 0.4) is 0 Å². The molecule has 0 heterocycles. The lowest BCUT2D eigenvalue weighted by Gasteiger charge is -2.14. The van der Waals surface area contributed by atoms with Crippen molar-refractivity contribution < 1.29 is 22.7 Å². The van der Waals surface area contributed by atoms with E-state index >= 15 is 0 Å². The number of hydrogen-bond donors (Lipinski definition) is 2. The Balaban J connectivity index is 0.00000338. The van der Waals surface area contributed by atoms with E-state index in [1.807, 2.05) is 0 Å². The Hall–Kier alpha value is -2.41. The molecular formula is C18H20ClF3N2O2. The average molecular weight is 389 g/mol. The molecule has 0 fully saturated rings. The third kappa shape index (κ3) is 5.56. The summed E-state index contributed by atoms with van der Waals surface area (Å²) in [4.78, 5) is 12.3. The van der Waals surface area contributed by atoms with Crippen molar-refractivity contribution >= 4 is 29.7 Å². The van der Waals surface area contributed by atoms with E-state index in [9.17, 15) is 18.0 Å². The monoisotopic (exact) mass is 388 g/mol. The first kappa shape index (κ1) is 21.6. The van der Waals surface area contributed by atoms with E-state index in [1.165, 1.54) is 13.2 Å². The molecule has 142 valence electrons. The lowest BCUT2D eigenvalue weighted by molar-refractivity contribution is -0.137. The number of anilines is 2. The van der Waals surface area contributed by atoms with Gasteiger partial charge in [0.05, 0.1) is 18.4 Å². The molecule has 0 aliphatic heterocycles. The second kappa shape index (κ2) is 8.80. The number of nitrogens with two attached hydrogens (primary N) is 1. The molecule has 0 aliphatic carbocycles. The van der Waals surface area contributed by atoms with Gasteiger partial charge in [-0.3, -0.25) is 4.79 Å². The van der Waals surface area contributed by atoms with Crippen LogP contribution in [0.2, 0.25) is 0 Å². The van der Waals surface area contributed by atoms with Crippen molar-refractivity contribution in [3.05, 3.63) is 53.6 Å². The molecule has 1 amide bonds. The fraction of sp³-hybridized carbons (Fsp3) is 0.278. The van der Waals surface area contributed by atoms with Crippen molar-refractivity contribution in [2.45, 2.75) is 19.5 Å². The van der Waals surface area contributed by atoms with Gasteiger partial charge in [-0.05, 0) is 36.2 Å². The summed E-state index contributed by atoms with van der Waals surface area (Å²) < 4.78 is 43.3. The van der Waals surface area contributed by atoms with Crippen LogP contribution < -0.4 is 15.8 Å². The van der Waals surface area contributed by atoms with Gasteiger partial charge in [0.25, 0.3) is 0 Å². The molecule has 2 rings (SSSR count). The highest BCUT2D eigenvalue weighted by Crippen LogP contribution is 2.30. The van der Waals surface area contributed by atoms with E-state index in [0.717, 1.165) is 12.1 Å². The molecule has 1 unspecified atom stereocenters. The van der Waals surface area contributed by atoms with Crippen molar-refractivity contribution in [2.75, 3.05) is 18.2 Å². The number of amides is 1. The topological polar surface area (TPSA) is 64.3 Å². The van der Waals surface area contributed by atoms with Crippen LogP contribution in [0.25, 0.3) is 0 Å². The van der Waals surface area contributed by atoms with Gasteiger partial charge >= 0.3 is 6.18 Å². The molecule has 4 nitrogen and oxygen atoms in total. The summed E-state index contributed by atoms with van der Waals surface area (Å²) in [5, 5.41) is 2.70. The van der Waals surface area contributed by atoms with Gasteiger partial charge in [0, 0.05) is 11.6 Å². The molecule has 2 aromatic carbocycles. The standard InChI is InChI=1S/C18H19F3N2O2.ClH/c1-11(8-12-4-3-5-13(9-12)18(19,20)21)17(24)23-14-6-7-16(25-2)15(22)10-14;/h3-7,9-11H,8,22H2,1-2H3,(H,23,24);1H. The third-order valence-corrected chi connectivity index (χ3v) is 3.74. The highest BCUT2D eigenvalue weighted by molar-refractivity contribution is 5.93. The predicted octanol–water partition coefficient (Wildman–Crippen LogP) is 4.54. The number of hydrogen-bond acceptors (Lipinski definition) is 3. The SMILES string of the molecule is COc1ccc(NC(=O)C(C)Cc2cccc(C(F)(F)F)c2)cc1N.Cl. The molecule has 2 aromatic rings. The summed E-state index contributed by atoms with van der Waals surface area (Å²) in [5.41, 5.74) is 6.39. The van der Waals surface area contributed by atoms with E-state index < -0.39 is 17.7 Å². The van der Waals surface area contributed by atoms with Crippen LogP contribution in [-0.2, 0) is 17.4 Å². The van der Waals surface area contributed by atoms with E-state index in [2.05, 4.69) is 5.32 Å². The molecule has 8 heteroatoms. The number of benzene rings is 2. The Labute approximate surface area is 155 Å². The Kier molecular flexibility index (Phi) is 7.32. The number of nitrogens with one attached hydrogen (secondary N) is 1. The van der Waals surface area contributed by atoms with Crippen molar-refractivity contribution in [1.29, 1.82) is 0 Å². The number of nitrogen functional groups attached to an aromatic ring is 1. The largest absolute Gasteiger partial charge is 0.495 e. The second-order valence-electron chi connectivity index (χ2n) is 5.75. The van der Waals surface area contributed by atoms with Gasteiger partial charge in [-0.1, -0.05) is 25.1 Å². The van der Waals surface area contributed by atoms with Crippen molar-refractivity contribution in [2.24, 2.45) is 5.92 Å². The highest BCUT2D eigenvalue weighted by atomic mass is 35.5. The first-order chi connectivity index (χ1) is 11.7. The van der Waals surface area contributed by atoms with Crippen LogP contribution in [0.4, 0.5) is 24.5 Å². The predicted molar refractivity (Wildman–Crippen MR) is 97.6 cm³/mol. The van der Waals surface area contributed by atoms with Crippen LogP contribution >= 0.6 is 12.4 Å². The zero-order chi connectivity index (χ0) is 18.6. The summed E-state index contributed by atoms with van der Waals surface area (Å²) >= 11 is 0.